The SMILES string of the molecule is COc1c(-c2cnn([C@@H]3COC[C@H]3OC)c2)ccnc1-c1nn(C)c2cnc(NC(=O)C3CC3)cc12. The van der Waals surface area contributed by atoms with Crippen molar-refractivity contribution in [2.75, 3.05) is 32.8 Å². The number of fused-ring (bicyclic) bond motifs is 1. The van der Waals surface area contributed by atoms with E-state index in [2.05, 4.69) is 20.4 Å². The van der Waals surface area contributed by atoms with Crippen molar-refractivity contribution in [3.63, 3.8) is 0 Å². The minimum absolute atomic E-state index is 0.00498. The molecule has 1 N–H and O–H groups in total. The van der Waals surface area contributed by atoms with E-state index in [1.807, 2.05) is 30.1 Å². The maximum Gasteiger partial charge on any atom is 0.228 e. The summed E-state index contributed by atoms with van der Waals surface area (Å²) in [6.07, 6.45) is 9.03. The van der Waals surface area contributed by atoms with Gasteiger partial charge in [0.1, 0.15) is 29.4 Å². The van der Waals surface area contributed by atoms with Gasteiger partial charge in [0.15, 0.2) is 5.75 Å². The highest BCUT2D eigenvalue weighted by Gasteiger charge is 2.31. The maximum absolute atomic E-state index is 12.3. The summed E-state index contributed by atoms with van der Waals surface area (Å²) in [6.45, 7) is 1.09. The van der Waals surface area contributed by atoms with Crippen molar-refractivity contribution in [3.05, 3.63) is 36.9 Å². The largest absolute Gasteiger partial charge is 0.494 e. The van der Waals surface area contributed by atoms with E-state index in [-0.39, 0.29) is 24.0 Å². The molecule has 0 radical (unpaired) electrons. The van der Waals surface area contributed by atoms with Crippen molar-refractivity contribution in [3.8, 4) is 28.3 Å². The molecule has 6 rings (SSSR count). The van der Waals surface area contributed by atoms with Crippen LogP contribution in [0.2, 0.25) is 0 Å². The zero-order valence-electron chi connectivity index (χ0n) is 20.3. The van der Waals surface area contributed by atoms with E-state index < -0.39 is 0 Å². The maximum atomic E-state index is 12.3. The van der Waals surface area contributed by atoms with Crippen LogP contribution >= 0.6 is 0 Å². The molecule has 1 aliphatic carbocycles. The second-order valence-corrected chi connectivity index (χ2v) is 9.15. The number of methoxy groups -OCH3 is 2. The molecule has 0 bridgehead atoms. The molecule has 2 atom stereocenters. The van der Waals surface area contributed by atoms with E-state index in [0.717, 1.165) is 34.9 Å². The summed E-state index contributed by atoms with van der Waals surface area (Å²) in [5, 5.41) is 13.0. The number of nitrogens with zero attached hydrogens (tertiary/aromatic N) is 6. The number of hydrogen-bond acceptors (Lipinski definition) is 8. The Balaban J connectivity index is 1.40. The van der Waals surface area contributed by atoms with Gasteiger partial charge in [-0.05, 0) is 25.0 Å². The number of nitrogens with one attached hydrogen (secondary N) is 1. The molecule has 4 aromatic heterocycles. The first-order chi connectivity index (χ1) is 17.6. The van der Waals surface area contributed by atoms with Crippen LogP contribution in [0.3, 0.4) is 0 Å². The fourth-order valence-electron chi connectivity index (χ4n) is 4.68. The Morgan fingerprint density at radius 2 is 2.03 bits per heavy atom. The molecule has 0 aromatic carbocycles. The molecule has 1 saturated heterocycles. The molecule has 0 spiro atoms. The van der Waals surface area contributed by atoms with Crippen molar-refractivity contribution in [1.29, 1.82) is 0 Å². The first kappa shape index (κ1) is 22.6. The zero-order chi connectivity index (χ0) is 24.8. The van der Waals surface area contributed by atoms with Crippen LogP contribution in [0.25, 0.3) is 33.4 Å². The fraction of sp³-hybridized carbons (Fsp3) is 0.400. The summed E-state index contributed by atoms with van der Waals surface area (Å²) < 4.78 is 20.6. The molecule has 0 unspecified atom stereocenters. The number of aromatic nitrogens is 6. The predicted octanol–water partition coefficient (Wildman–Crippen LogP) is 2.84. The van der Waals surface area contributed by atoms with E-state index in [4.69, 9.17) is 19.3 Å². The van der Waals surface area contributed by atoms with Crippen LogP contribution in [0.15, 0.2) is 36.9 Å². The Kier molecular flexibility index (Phi) is 5.65. The van der Waals surface area contributed by atoms with Gasteiger partial charge >= 0.3 is 0 Å². The number of carbonyl (C=O) groups excluding carboxylic acids is 1. The molecular formula is C25H27N7O4. The number of anilines is 1. The van der Waals surface area contributed by atoms with Crippen LogP contribution in [0.5, 0.6) is 5.75 Å². The Morgan fingerprint density at radius 3 is 2.81 bits per heavy atom. The third-order valence-electron chi connectivity index (χ3n) is 6.82. The van der Waals surface area contributed by atoms with Gasteiger partial charge in [-0.25, -0.2) is 4.98 Å². The van der Waals surface area contributed by atoms with Crippen LogP contribution in [0.1, 0.15) is 18.9 Å². The smallest absolute Gasteiger partial charge is 0.228 e. The van der Waals surface area contributed by atoms with Crippen molar-refractivity contribution in [1.82, 2.24) is 29.5 Å². The number of aryl methyl sites for hydroxylation is 1. The van der Waals surface area contributed by atoms with Crippen molar-refractivity contribution < 1.29 is 19.0 Å². The Morgan fingerprint density at radius 1 is 1.17 bits per heavy atom. The third kappa shape index (κ3) is 3.90. The van der Waals surface area contributed by atoms with Gasteiger partial charge in [-0.2, -0.15) is 10.2 Å². The Hall–Kier alpha value is -3.83. The number of carbonyl (C=O) groups is 1. The number of amides is 1. The minimum Gasteiger partial charge on any atom is -0.494 e. The van der Waals surface area contributed by atoms with Gasteiger partial charge in [-0.3, -0.25) is 19.1 Å². The lowest BCUT2D eigenvalue weighted by Crippen LogP contribution is -2.24. The van der Waals surface area contributed by atoms with E-state index >= 15 is 0 Å². The van der Waals surface area contributed by atoms with E-state index in [1.165, 1.54) is 0 Å². The third-order valence-corrected chi connectivity index (χ3v) is 6.82. The van der Waals surface area contributed by atoms with Gasteiger partial charge in [0.2, 0.25) is 5.91 Å². The fourth-order valence-corrected chi connectivity index (χ4v) is 4.68. The molecule has 1 saturated carbocycles. The van der Waals surface area contributed by atoms with Crippen LogP contribution in [0.4, 0.5) is 5.82 Å². The average molecular weight is 490 g/mol. The first-order valence-corrected chi connectivity index (χ1v) is 11.9. The van der Waals surface area contributed by atoms with Gasteiger partial charge in [0.05, 0.1) is 38.2 Å². The minimum atomic E-state index is -0.0456. The van der Waals surface area contributed by atoms with Gasteiger partial charge < -0.3 is 19.5 Å². The number of ether oxygens (including phenoxy) is 3. The molecular weight excluding hydrogens is 462 g/mol. The highest BCUT2D eigenvalue weighted by Crippen LogP contribution is 2.40. The predicted molar refractivity (Wildman–Crippen MR) is 132 cm³/mol. The number of rotatable bonds is 7. The Labute approximate surface area is 207 Å². The quantitative estimate of drug-likeness (QED) is 0.421. The molecule has 2 fully saturated rings. The van der Waals surface area contributed by atoms with Crippen molar-refractivity contribution in [2.24, 2.45) is 13.0 Å². The van der Waals surface area contributed by atoms with Crippen molar-refractivity contribution in [2.45, 2.75) is 25.0 Å². The lowest BCUT2D eigenvalue weighted by atomic mass is 10.1. The van der Waals surface area contributed by atoms with Crippen molar-refractivity contribution >= 4 is 22.6 Å². The lowest BCUT2D eigenvalue weighted by molar-refractivity contribution is -0.117. The molecule has 1 amide bonds. The number of pyridine rings is 2. The standard InChI is InChI=1S/C25H27N7O4/c1-31-18-10-27-21(29-25(33)14-4-5-14)8-17(18)22(30-31)23-24(35-3)16(6-7-26-23)15-9-28-32(11-15)19-12-36-13-20(19)34-2/h6-11,14,19-20H,4-5,12-13H2,1-3H3,(H,27,29,33)/t19-,20-/m1/s1. The summed E-state index contributed by atoms with van der Waals surface area (Å²) >= 11 is 0. The molecule has 4 aromatic rings. The molecule has 11 heteroatoms. The summed E-state index contributed by atoms with van der Waals surface area (Å²) in [5.74, 6) is 1.18. The first-order valence-electron chi connectivity index (χ1n) is 11.9. The Bertz CT molecular complexity index is 1440. The molecule has 11 nitrogen and oxygen atoms in total. The van der Waals surface area contributed by atoms with E-state index in [1.54, 1.807) is 37.5 Å². The highest BCUT2D eigenvalue weighted by atomic mass is 16.5. The van der Waals surface area contributed by atoms with Gasteiger partial charge in [0, 0.05) is 49.0 Å². The van der Waals surface area contributed by atoms with Crippen LogP contribution in [-0.4, -0.2) is 69.0 Å². The second kappa shape index (κ2) is 8.99. The summed E-state index contributed by atoms with van der Waals surface area (Å²) in [6, 6.07) is 3.75. The summed E-state index contributed by atoms with van der Waals surface area (Å²) in [5.41, 5.74) is 3.79. The van der Waals surface area contributed by atoms with Gasteiger partial charge in [-0.1, -0.05) is 0 Å². The summed E-state index contributed by atoms with van der Waals surface area (Å²) in [7, 11) is 5.16. The molecule has 1 aliphatic heterocycles. The van der Waals surface area contributed by atoms with Gasteiger partial charge in [0.25, 0.3) is 0 Å². The molecule has 5 heterocycles. The molecule has 36 heavy (non-hydrogen) atoms. The number of hydrogen-bond donors (Lipinski definition) is 1. The second-order valence-electron chi connectivity index (χ2n) is 9.15. The van der Waals surface area contributed by atoms with Gasteiger partial charge in [-0.15, -0.1) is 0 Å². The molecule has 186 valence electrons. The van der Waals surface area contributed by atoms with Crippen LogP contribution < -0.4 is 10.1 Å². The van der Waals surface area contributed by atoms with Crippen LogP contribution in [0, 0.1) is 5.92 Å². The normalized spacial score (nSPS) is 19.6. The van der Waals surface area contributed by atoms with Crippen LogP contribution in [-0.2, 0) is 21.3 Å². The lowest BCUT2D eigenvalue weighted by Gasteiger charge is -2.16. The topological polar surface area (TPSA) is 118 Å². The van der Waals surface area contributed by atoms with E-state index in [0.29, 0.717) is 36.2 Å². The zero-order valence-corrected chi connectivity index (χ0v) is 20.3. The summed E-state index contributed by atoms with van der Waals surface area (Å²) in [4.78, 5) is 21.3. The van der Waals surface area contributed by atoms with E-state index in [9.17, 15) is 4.79 Å². The molecule has 2 aliphatic rings. The average Bonchev–Trinajstić information content (AvgIpc) is 3.31. The monoisotopic (exact) mass is 489 g/mol. The highest BCUT2D eigenvalue weighted by molar-refractivity contribution is 5.99.